The summed E-state index contributed by atoms with van der Waals surface area (Å²) in [5.41, 5.74) is 1.22. The molecule has 1 aliphatic rings. The molecule has 0 aromatic heterocycles. The number of benzene rings is 3. The van der Waals surface area contributed by atoms with Crippen LogP contribution in [0, 0.1) is 0 Å². The molecule has 158 valence electrons. The zero-order chi connectivity index (χ0) is 22.7. The van der Waals surface area contributed by atoms with Gasteiger partial charge in [0, 0.05) is 28.8 Å². The van der Waals surface area contributed by atoms with Gasteiger partial charge in [-0.1, -0.05) is 55.6 Å². The van der Waals surface area contributed by atoms with E-state index >= 15 is 0 Å². The molecule has 0 unspecified atom stereocenters. The van der Waals surface area contributed by atoms with Gasteiger partial charge in [0.25, 0.3) is 0 Å². The summed E-state index contributed by atoms with van der Waals surface area (Å²) < 4.78 is 16.3. The summed E-state index contributed by atoms with van der Waals surface area (Å²) in [6, 6.07) is 20.5. The van der Waals surface area contributed by atoms with Crippen molar-refractivity contribution in [3.63, 3.8) is 0 Å². The van der Waals surface area contributed by atoms with Crippen molar-refractivity contribution < 1.29 is 28.6 Å². The molecule has 4 rings (SSSR count). The van der Waals surface area contributed by atoms with Crippen LogP contribution in [0.2, 0.25) is 0 Å². The smallest absolute Gasteiger partial charge is 0.340 e. The van der Waals surface area contributed by atoms with E-state index in [-0.39, 0.29) is 0 Å². The lowest BCUT2D eigenvalue weighted by Gasteiger charge is -2.30. The topological polar surface area (TPSA) is 78.9 Å². The molecule has 6 nitrogen and oxygen atoms in total. The van der Waals surface area contributed by atoms with E-state index in [0.717, 1.165) is 12.2 Å². The van der Waals surface area contributed by atoms with Gasteiger partial charge in [0.15, 0.2) is 5.60 Å². The molecular formula is C26H18O6. The van der Waals surface area contributed by atoms with E-state index in [1.807, 2.05) is 12.1 Å². The SMILES string of the molecule is C=CC(=O)Oc1ccc(C2(c3ccc(OC(=O)C=C)cc3)OC(=O)c3ccccc32)cc1. The molecule has 0 aliphatic carbocycles. The number of cyclic esters (lactones) is 1. The Balaban J connectivity index is 1.82. The molecule has 3 aromatic carbocycles. The molecule has 6 heteroatoms. The maximum absolute atomic E-state index is 12.7. The molecule has 3 aromatic rings. The predicted octanol–water partition coefficient (Wildman–Crippen LogP) is 4.33. The average molecular weight is 426 g/mol. The third-order valence-electron chi connectivity index (χ3n) is 5.06. The lowest BCUT2D eigenvalue weighted by atomic mass is 9.80. The van der Waals surface area contributed by atoms with Gasteiger partial charge >= 0.3 is 17.9 Å². The number of carbonyl (C=O) groups excluding carboxylic acids is 3. The minimum atomic E-state index is -1.23. The van der Waals surface area contributed by atoms with Crippen LogP contribution in [0.1, 0.15) is 27.0 Å². The quantitative estimate of drug-likeness (QED) is 0.332. The van der Waals surface area contributed by atoms with Crippen molar-refractivity contribution >= 4 is 17.9 Å². The van der Waals surface area contributed by atoms with Crippen LogP contribution < -0.4 is 9.47 Å². The minimum absolute atomic E-state index is 0.332. The Labute approximate surface area is 184 Å². The van der Waals surface area contributed by atoms with Gasteiger partial charge < -0.3 is 14.2 Å². The van der Waals surface area contributed by atoms with Crippen LogP contribution in [-0.4, -0.2) is 17.9 Å². The van der Waals surface area contributed by atoms with Gasteiger partial charge in [-0.05, 0) is 30.3 Å². The molecule has 0 radical (unpaired) electrons. The monoisotopic (exact) mass is 426 g/mol. The van der Waals surface area contributed by atoms with Gasteiger partial charge in [-0.2, -0.15) is 0 Å². The summed E-state index contributed by atoms with van der Waals surface area (Å²) in [6.45, 7) is 6.77. The summed E-state index contributed by atoms with van der Waals surface area (Å²) in [4.78, 5) is 35.7. The molecule has 0 spiro atoms. The summed E-state index contributed by atoms with van der Waals surface area (Å²) >= 11 is 0. The van der Waals surface area contributed by atoms with E-state index in [9.17, 15) is 14.4 Å². The van der Waals surface area contributed by atoms with Crippen molar-refractivity contribution in [1.82, 2.24) is 0 Å². The highest BCUT2D eigenvalue weighted by atomic mass is 16.6. The maximum atomic E-state index is 12.7. The van der Waals surface area contributed by atoms with Crippen molar-refractivity contribution in [2.24, 2.45) is 0 Å². The molecule has 0 bridgehead atoms. The highest BCUT2D eigenvalue weighted by Crippen LogP contribution is 2.47. The van der Waals surface area contributed by atoms with Crippen molar-refractivity contribution in [3.05, 3.63) is 120 Å². The Morgan fingerprint density at radius 1 is 0.750 bits per heavy atom. The molecule has 0 saturated carbocycles. The fraction of sp³-hybridized carbons (Fsp3) is 0.0385. The van der Waals surface area contributed by atoms with E-state index in [1.165, 1.54) is 0 Å². The third kappa shape index (κ3) is 3.58. The standard InChI is InChI=1S/C26H18O6/c1-3-23(27)30-19-13-9-17(10-14-19)26(22-8-6-5-7-21(22)25(29)32-26)18-11-15-20(16-12-18)31-24(28)4-2/h3-16H,1-2H2. The zero-order valence-electron chi connectivity index (χ0n) is 16.9. The largest absolute Gasteiger partial charge is 0.441 e. The second-order valence-electron chi connectivity index (χ2n) is 6.92. The number of hydrogen-bond acceptors (Lipinski definition) is 6. The predicted molar refractivity (Wildman–Crippen MR) is 116 cm³/mol. The van der Waals surface area contributed by atoms with E-state index in [1.54, 1.807) is 60.7 Å². The highest BCUT2D eigenvalue weighted by Gasteiger charge is 2.48. The molecule has 32 heavy (non-hydrogen) atoms. The number of esters is 3. The first-order valence-corrected chi connectivity index (χ1v) is 9.70. The Morgan fingerprint density at radius 2 is 1.22 bits per heavy atom. The number of fused-ring (bicyclic) bond motifs is 1. The molecule has 0 N–H and O–H groups in total. The number of carbonyl (C=O) groups is 3. The summed E-state index contributed by atoms with van der Waals surface area (Å²) in [6.07, 6.45) is 2.15. The van der Waals surface area contributed by atoms with Crippen LogP contribution in [-0.2, 0) is 19.9 Å². The van der Waals surface area contributed by atoms with Crippen LogP contribution in [0.5, 0.6) is 11.5 Å². The van der Waals surface area contributed by atoms with Crippen molar-refractivity contribution in [2.45, 2.75) is 5.60 Å². The van der Waals surface area contributed by atoms with Gasteiger partial charge in [-0.3, -0.25) is 0 Å². The second-order valence-corrected chi connectivity index (χ2v) is 6.92. The Morgan fingerprint density at radius 3 is 1.69 bits per heavy atom. The molecule has 0 saturated heterocycles. The summed E-state index contributed by atoms with van der Waals surface area (Å²) in [5, 5.41) is 0. The normalized spacial score (nSPS) is 13.4. The number of ether oxygens (including phenoxy) is 3. The lowest BCUT2D eigenvalue weighted by molar-refractivity contribution is -0.129. The molecular weight excluding hydrogens is 408 g/mol. The Bertz CT molecular complexity index is 1160. The summed E-state index contributed by atoms with van der Waals surface area (Å²) in [5.74, 6) is -0.939. The fourth-order valence-electron chi connectivity index (χ4n) is 3.64. The van der Waals surface area contributed by atoms with Gasteiger partial charge in [-0.15, -0.1) is 0 Å². The first-order valence-electron chi connectivity index (χ1n) is 9.70. The van der Waals surface area contributed by atoms with Crippen molar-refractivity contribution in [3.8, 4) is 11.5 Å². The van der Waals surface area contributed by atoms with E-state index in [4.69, 9.17) is 14.2 Å². The van der Waals surface area contributed by atoms with E-state index in [0.29, 0.717) is 33.8 Å². The Kier molecular flexibility index (Phi) is 5.43. The van der Waals surface area contributed by atoms with Gasteiger partial charge in [-0.25, -0.2) is 14.4 Å². The second kappa shape index (κ2) is 8.35. The summed E-state index contributed by atoms with van der Waals surface area (Å²) in [7, 11) is 0. The Hall–Kier alpha value is -4.45. The minimum Gasteiger partial charge on any atom is -0.441 e. The number of hydrogen-bond donors (Lipinski definition) is 0. The molecule has 0 fully saturated rings. The van der Waals surface area contributed by atoms with Crippen LogP contribution in [0.3, 0.4) is 0 Å². The lowest BCUT2D eigenvalue weighted by Crippen LogP contribution is -2.29. The fourth-order valence-corrected chi connectivity index (χ4v) is 3.64. The van der Waals surface area contributed by atoms with E-state index in [2.05, 4.69) is 13.2 Å². The van der Waals surface area contributed by atoms with Crippen LogP contribution >= 0.6 is 0 Å². The average Bonchev–Trinajstić information content (AvgIpc) is 3.13. The third-order valence-corrected chi connectivity index (χ3v) is 5.06. The van der Waals surface area contributed by atoms with Gasteiger partial charge in [0.1, 0.15) is 11.5 Å². The maximum Gasteiger partial charge on any atom is 0.340 e. The number of rotatable bonds is 6. The van der Waals surface area contributed by atoms with Crippen molar-refractivity contribution in [1.29, 1.82) is 0 Å². The van der Waals surface area contributed by atoms with Crippen LogP contribution in [0.25, 0.3) is 0 Å². The van der Waals surface area contributed by atoms with Gasteiger partial charge in [0.2, 0.25) is 0 Å². The van der Waals surface area contributed by atoms with E-state index < -0.39 is 23.5 Å². The highest BCUT2D eigenvalue weighted by molar-refractivity contribution is 5.96. The first kappa shape index (κ1) is 20.8. The molecule has 1 heterocycles. The molecule has 0 amide bonds. The molecule has 0 atom stereocenters. The first-order chi connectivity index (χ1) is 15.5. The zero-order valence-corrected chi connectivity index (χ0v) is 16.9. The van der Waals surface area contributed by atoms with Gasteiger partial charge in [0.05, 0.1) is 5.56 Å². The van der Waals surface area contributed by atoms with Crippen molar-refractivity contribution in [2.75, 3.05) is 0 Å². The molecule has 1 aliphatic heterocycles. The van der Waals surface area contributed by atoms with Crippen LogP contribution in [0.4, 0.5) is 0 Å². The van der Waals surface area contributed by atoms with Crippen LogP contribution in [0.15, 0.2) is 98.1 Å².